The van der Waals surface area contributed by atoms with Crippen molar-refractivity contribution in [1.29, 1.82) is 0 Å². The summed E-state index contributed by atoms with van der Waals surface area (Å²) < 4.78 is 0. The third-order valence-corrected chi connectivity index (χ3v) is 4.71. The number of rotatable bonds is 12. The maximum Gasteiger partial charge on any atom is 0.242 e. The smallest absolute Gasteiger partial charge is 0.242 e. The molecule has 0 N–H and O–H groups in total. The lowest BCUT2D eigenvalue weighted by molar-refractivity contribution is -0.142. The highest BCUT2D eigenvalue weighted by Gasteiger charge is 2.20. The molecule has 152 valence electrons. The third-order valence-electron chi connectivity index (χ3n) is 3.85. The number of amides is 3. The molecule has 0 saturated carbocycles. The molecular formula is C17H34N4O3S2. The number of likely N-dealkylation sites (N-methyl/N-ethyl adjacent to an activating group) is 4. The van der Waals surface area contributed by atoms with Gasteiger partial charge in [0, 0.05) is 39.5 Å². The van der Waals surface area contributed by atoms with Crippen LogP contribution in [0.25, 0.3) is 0 Å². The minimum Gasteiger partial charge on any atom is -0.344 e. The van der Waals surface area contributed by atoms with Crippen LogP contribution in [0, 0.1) is 0 Å². The molecule has 7 nitrogen and oxygen atoms in total. The molecule has 0 aromatic rings. The maximum atomic E-state index is 12.3. The van der Waals surface area contributed by atoms with Crippen molar-refractivity contribution in [2.24, 2.45) is 0 Å². The van der Waals surface area contributed by atoms with Crippen LogP contribution in [-0.2, 0) is 14.4 Å². The lowest BCUT2D eigenvalue weighted by atomic mass is 10.3. The van der Waals surface area contributed by atoms with E-state index >= 15 is 0 Å². The Hall–Kier alpha value is -0.930. The molecule has 0 saturated heterocycles. The van der Waals surface area contributed by atoms with Gasteiger partial charge >= 0.3 is 0 Å². The Labute approximate surface area is 167 Å². The number of hydrogen-bond acceptors (Lipinski definition) is 6. The van der Waals surface area contributed by atoms with Gasteiger partial charge < -0.3 is 14.7 Å². The summed E-state index contributed by atoms with van der Waals surface area (Å²) in [5.41, 5.74) is 0. The lowest BCUT2D eigenvalue weighted by Crippen LogP contribution is -2.46. The van der Waals surface area contributed by atoms with Crippen LogP contribution in [0.3, 0.4) is 0 Å². The van der Waals surface area contributed by atoms with Gasteiger partial charge in [-0.2, -0.15) is 24.4 Å². The number of hydrogen-bond donors (Lipinski definition) is 1. The molecule has 9 heteroatoms. The Bertz CT molecular complexity index is 463. The molecule has 0 heterocycles. The third kappa shape index (κ3) is 10.9. The van der Waals surface area contributed by atoms with E-state index in [4.69, 9.17) is 0 Å². The zero-order chi connectivity index (χ0) is 20.3. The Morgan fingerprint density at radius 2 is 1.35 bits per heavy atom. The second-order valence-corrected chi connectivity index (χ2v) is 8.57. The van der Waals surface area contributed by atoms with Crippen LogP contribution >= 0.6 is 24.4 Å². The van der Waals surface area contributed by atoms with E-state index in [2.05, 4.69) is 12.6 Å². The van der Waals surface area contributed by atoms with Crippen molar-refractivity contribution >= 4 is 42.1 Å². The van der Waals surface area contributed by atoms with Gasteiger partial charge in [0.05, 0.1) is 19.6 Å². The minimum atomic E-state index is -0.253. The van der Waals surface area contributed by atoms with Gasteiger partial charge in [0.15, 0.2) is 0 Å². The number of thiol groups is 1. The topological polar surface area (TPSA) is 64.2 Å². The average molecular weight is 407 g/mol. The lowest BCUT2D eigenvalue weighted by Gasteiger charge is -2.25. The Morgan fingerprint density at radius 3 is 1.81 bits per heavy atom. The first kappa shape index (κ1) is 25.1. The predicted molar refractivity (Wildman–Crippen MR) is 112 cm³/mol. The van der Waals surface area contributed by atoms with E-state index in [1.807, 2.05) is 25.1 Å². The van der Waals surface area contributed by atoms with Gasteiger partial charge in [-0.15, -0.1) is 0 Å². The highest BCUT2D eigenvalue weighted by atomic mass is 32.2. The van der Waals surface area contributed by atoms with E-state index in [1.54, 1.807) is 37.8 Å². The van der Waals surface area contributed by atoms with Crippen molar-refractivity contribution in [3.05, 3.63) is 0 Å². The predicted octanol–water partition coefficient (Wildman–Crippen LogP) is 0.365. The Balaban J connectivity index is 4.34. The number of carbonyl (C=O) groups is 3. The van der Waals surface area contributed by atoms with Crippen LogP contribution in [-0.4, -0.2) is 115 Å². The largest absolute Gasteiger partial charge is 0.344 e. The van der Waals surface area contributed by atoms with Crippen molar-refractivity contribution in [2.45, 2.75) is 18.6 Å². The molecule has 1 unspecified atom stereocenters. The maximum absolute atomic E-state index is 12.3. The molecule has 1 atom stereocenters. The SMILES string of the molecule is CSCCCN(C)C(=O)CN(C)C(=O)CN(C)C(=O)CN(C)CC(C)S. The molecule has 0 aliphatic carbocycles. The van der Waals surface area contributed by atoms with E-state index in [9.17, 15) is 14.4 Å². The first-order valence-electron chi connectivity index (χ1n) is 8.65. The molecule has 0 bridgehead atoms. The van der Waals surface area contributed by atoms with Gasteiger partial charge in [0.25, 0.3) is 0 Å². The molecule has 0 radical (unpaired) electrons. The molecule has 0 fully saturated rings. The molecule has 0 spiro atoms. The average Bonchev–Trinajstić information content (AvgIpc) is 2.53. The van der Waals surface area contributed by atoms with Crippen LogP contribution in [0.15, 0.2) is 0 Å². The first-order valence-corrected chi connectivity index (χ1v) is 10.6. The van der Waals surface area contributed by atoms with Crippen molar-refractivity contribution in [1.82, 2.24) is 19.6 Å². The zero-order valence-electron chi connectivity index (χ0n) is 16.9. The summed E-state index contributed by atoms with van der Waals surface area (Å²) in [5, 5.41) is 0.171. The van der Waals surface area contributed by atoms with Gasteiger partial charge in [-0.1, -0.05) is 6.92 Å². The number of thioether (sulfide) groups is 1. The normalized spacial score (nSPS) is 12.0. The summed E-state index contributed by atoms with van der Waals surface area (Å²) in [6.07, 6.45) is 2.96. The molecule has 0 aliphatic heterocycles. The fourth-order valence-electron chi connectivity index (χ4n) is 2.26. The Kier molecular flexibility index (Phi) is 12.8. The van der Waals surface area contributed by atoms with Crippen molar-refractivity contribution in [3.63, 3.8) is 0 Å². The molecule has 3 amide bonds. The first-order chi connectivity index (χ1) is 12.1. The van der Waals surface area contributed by atoms with E-state index in [1.165, 1.54) is 9.80 Å². The van der Waals surface area contributed by atoms with Crippen LogP contribution in [0.4, 0.5) is 0 Å². The summed E-state index contributed by atoms with van der Waals surface area (Å²) in [6.45, 7) is 3.54. The molecule has 0 aliphatic rings. The highest BCUT2D eigenvalue weighted by Crippen LogP contribution is 2.00. The summed E-state index contributed by atoms with van der Waals surface area (Å²) in [6, 6.07) is 0. The minimum absolute atomic E-state index is 0.0215. The van der Waals surface area contributed by atoms with Crippen molar-refractivity contribution in [3.8, 4) is 0 Å². The van der Waals surface area contributed by atoms with Crippen molar-refractivity contribution < 1.29 is 14.4 Å². The summed E-state index contributed by atoms with van der Waals surface area (Å²) >= 11 is 6.05. The van der Waals surface area contributed by atoms with E-state index in [0.29, 0.717) is 13.1 Å². The molecular weight excluding hydrogens is 372 g/mol. The van der Waals surface area contributed by atoms with Crippen molar-refractivity contribution in [2.75, 3.05) is 72.9 Å². The van der Waals surface area contributed by atoms with Crippen LogP contribution < -0.4 is 0 Å². The quantitative estimate of drug-likeness (QED) is 0.375. The summed E-state index contributed by atoms with van der Waals surface area (Å²) in [5.74, 6) is 0.513. The second kappa shape index (κ2) is 13.3. The van der Waals surface area contributed by atoms with Crippen LogP contribution in [0.2, 0.25) is 0 Å². The van der Waals surface area contributed by atoms with E-state index in [-0.39, 0.29) is 42.6 Å². The van der Waals surface area contributed by atoms with Gasteiger partial charge in [-0.05, 0) is 25.5 Å². The standard InChI is InChI=1S/C17H34N4O3S2/c1-14(25)10-18(2)11-15(22)20(4)13-17(24)21(5)12-16(23)19(3)8-7-9-26-6/h14,25H,7-13H2,1-6H3. The zero-order valence-corrected chi connectivity index (χ0v) is 18.6. The number of nitrogens with zero attached hydrogens (tertiary/aromatic N) is 4. The second-order valence-electron chi connectivity index (χ2n) is 6.71. The monoisotopic (exact) mass is 406 g/mol. The fourth-order valence-corrected chi connectivity index (χ4v) is 2.96. The summed E-state index contributed by atoms with van der Waals surface area (Å²) in [7, 11) is 6.78. The fraction of sp³-hybridized carbons (Fsp3) is 0.824. The van der Waals surface area contributed by atoms with Gasteiger partial charge in [0.2, 0.25) is 17.7 Å². The number of carbonyl (C=O) groups excluding carboxylic acids is 3. The van der Waals surface area contributed by atoms with Crippen LogP contribution in [0.5, 0.6) is 0 Å². The van der Waals surface area contributed by atoms with Gasteiger partial charge in [-0.25, -0.2) is 0 Å². The highest BCUT2D eigenvalue weighted by molar-refractivity contribution is 7.98. The van der Waals surface area contributed by atoms with Crippen LogP contribution in [0.1, 0.15) is 13.3 Å². The van der Waals surface area contributed by atoms with E-state index in [0.717, 1.165) is 12.2 Å². The Morgan fingerprint density at radius 1 is 0.885 bits per heavy atom. The molecule has 0 aromatic heterocycles. The molecule has 0 aromatic carbocycles. The van der Waals surface area contributed by atoms with E-state index < -0.39 is 0 Å². The molecule has 0 rings (SSSR count). The molecule has 26 heavy (non-hydrogen) atoms. The summed E-state index contributed by atoms with van der Waals surface area (Å²) in [4.78, 5) is 42.9. The van der Waals surface area contributed by atoms with Gasteiger partial charge in [0.1, 0.15) is 0 Å². The van der Waals surface area contributed by atoms with Gasteiger partial charge in [-0.3, -0.25) is 19.3 Å².